The van der Waals surface area contributed by atoms with Gasteiger partial charge in [0.1, 0.15) is 6.33 Å². The molecule has 100 valence electrons. The second kappa shape index (κ2) is 6.29. The average Bonchev–Trinajstić information content (AvgIpc) is 2.85. The van der Waals surface area contributed by atoms with Gasteiger partial charge in [0.15, 0.2) is 0 Å². The molecule has 0 aliphatic heterocycles. The number of rotatable bonds is 5. The van der Waals surface area contributed by atoms with Crippen molar-refractivity contribution < 1.29 is 0 Å². The Balaban J connectivity index is 2.13. The van der Waals surface area contributed by atoms with E-state index in [9.17, 15) is 0 Å². The molecule has 0 atom stereocenters. The van der Waals surface area contributed by atoms with Gasteiger partial charge in [0.25, 0.3) is 0 Å². The second-order valence-electron chi connectivity index (χ2n) is 4.01. The van der Waals surface area contributed by atoms with Crippen LogP contribution >= 0.6 is 12.2 Å². The van der Waals surface area contributed by atoms with Crippen molar-refractivity contribution in [1.29, 1.82) is 0 Å². The Bertz CT molecular complexity index is 592. The summed E-state index contributed by atoms with van der Waals surface area (Å²) in [7, 11) is 0. The van der Waals surface area contributed by atoms with Gasteiger partial charge in [-0.05, 0) is 43.8 Å². The summed E-state index contributed by atoms with van der Waals surface area (Å²) in [6.45, 7) is 6.32. The fourth-order valence-corrected chi connectivity index (χ4v) is 1.96. The molecule has 0 radical (unpaired) electrons. The van der Waals surface area contributed by atoms with Gasteiger partial charge >= 0.3 is 0 Å². The lowest BCUT2D eigenvalue weighted by Crippen LogP contribution is -2.21. The molecule has 1 N–H and O–H groups in total. The molecule has 6 heteroatoms. The molecule has 19 heavy (non-hydrogen) atoms. The van der Waals surface area contributed by atoms with Gasteiger partial charge in [-0.1, -0.05) is 12.1 Å². The van der Waals surface area contributed by atoms with Gasteiger partial charge in [0.05, 0.1) is 6.21 Å². The molecule has 5 nitrogen and oxygen atoms in total. The summed E-state index contributed by atoms with van der Waals surface area (Å²) < 4.78 is 2.00. The number of aromatic amines is 1. The van der Waals surface area contributed by atoms with Gasteiger partial charge in [0.2, 0.25) is 4.77 Å². The molecular weight excluding hydrogens is 258 g/mol. The summed E-state index contributed by atoms with van der Waals surface area (Å²) >= 11 is 5.01. The van der Waals surface area contributed by atoms with Gasteiger partial charge in [-0.15, -0.1) is 0 Å². The zero-order valence-corrected chi connectivity index (χ0v) is 11.9. The molecule has 1 aromatic carbocycles. The van der Waals surface area contributed by atoms with Crippen LogP contribution in [-0.4, -0.2) is 34.2 Å². The van der Waals surface area contributed by atoms with Crippen LogP contribution in [0.25, 0.3) is 0 Å². The maximum atomic E-state index is 5.01. The lowest BCUT2D eigenvalue weighted by Gasteiger charge is -2.20. The normalized spacial score (nSPS) is 11.1. The third-order valence-electron chi connectivity index (χ3n) is 2.89. The van der Waals surface area contributed by atoms with Crippen LogP contribution in [0.3, 0.4) is 0 Å². The van der Waals surface area contributed by atoms with E-state index in [2.05, 4.69) is 46.2 Å². The lowest BCUT2D eigenvalue weighted by molar-refractivity contribution is 0.862. The number of hydrogen-bond donors (Lipinski definition) is 1. The van der Waals surface area contributed by atoms with E-state index in [1.807, 2.05) is 12.1 Å². The van der Waals surface area contributed by atoms with Crippen molar-refractivity contribution in [2.24, 2.45) is 5.10 Å². The van der Waals surface area contributed by atoms with E-state index in [4.69, 9.17) is 12.2 Å². The van der Waals surface area contributed by atoms with E-state index in [0.29, 0.717) is 4.77 Å². The molecule has 0 aliphatic rings. The Labute approximate surface area is 117 Å². The predicted molar refractivity (Wildman–Crippen MR) is 80.4 cm³/mol. The van der Waals surface area contributed by atoms with Crippen molar-refractivity contribution in [2.45, 2.75) is 13.8 Å². The number of nitrogens with one attached hydrogen (secondary N) is 1. The van der Waals surface area contributed by atoms with Crippen LogP contribution in [0.1, 0.15) is 19.4 Å². The minimum absolute atomic E-state index is 0.482. The summed E-state index contributed by atoms with van der Waals surface area (Å²) in [5, 5.41) is 10.7. The standard InChI is InChI=1S/C13H17N5S/c1-3-17(4-2)12-7-5-11(6-8-12)9-15-18-10-14-16-13(18)19/h5-10H,3-4H2,1-2H3,(H,16,19). The minimum Gasteiger partial charge on any atom is -0.372 e. The zero-order valence-electron chi connectivity index (χ0n) is 11.1. The monoisotopic (exact) mass is 275 g/mol. The second-order valence-corrected chi connectivity index (χ2v) is 4.40. The van der Waals surface area contributed by atoms with E-state index in [-0.39, 0.29) is 0 Å². The molecule has 1 heterocycles. The van der Waals surface area contributed by atoms with Crippen LogP contribution in [0.2, 0.25) is 0 Å². The first-order valence-corrected chi connectivity index (χ1v) is 6.66. The van der Waals surface area contributed by atoms with E-state index in [1.165, 1.54) is 10.4 Å². The topological polar surface area (TPSA) is 49.2 Å². The van der Waals surface area contributed by atoms with Crippen molar-refractivity contribution >= 4 is 24.1 Å². The fourth-order valence-electron chi connectivity index (χ4n) is 1.81. The number of anilines is 1. The molecule has 0 fully saturated rings. The smallest absolute Gasteiger partial charge is 0.216 e. The van der Waals surface area contributed by atoms with Crippen molar-refractivity contribution in [1.82, 2.24) is 14.9 Å². The van der Waals surface area contributed by atoms with Crippen LogP contribution in [0.4, 0.5) is 5.69 Å². The van der Waals surface area contributed by atoms with Gasteiger partial charge in [-0.25, -0.2) is 0 Å². The first-order chi connectivity index (χ1) is 9.24. The van der Waals surface area contributed by atoms with E-state index < -0.39 is 0 Å². The average molecular weight is 275 g/mol. The quantitative estimate of drug-likeness (QED) is 0.674. The Morgan fingerprint density at radius 3 is 2.53 bits per heavy atom. The summed E-state index contributed by atoms with van der Waals surface area (Å²) in [4.78, 5) is 2.30. The molecule has 0 spiro atoms. The molecule has 0 unspecified atom stereocenters. The SMILES string of the molecule is CCN(CC)c1ccc(C=Nn2cn[nH]c2=S)cc1. The first-order valence-electron chi connectivity index (χ1n) is 6.26. The summed E-state index contributed by atoms with van der Waals surface area (Å²) in [6, 6.07) is 8.29. The van der Waals surface area contributed by atoms with Crippen LogP contribution in [0.15, 0.2) is 35.7 Å². The van der Waals surface area contributed by atoms with Crippen molar-refractivity contribution in [3.05, 3.63) is 40.9 Å². The molecule has 1 aromatic heterocycles. The highest BCUT2D eigenvalue weighted by Crippen LogP contribution is 2.13. The number of hydrogen-bond acceptors (Lipinski definition) is 4. The highest BCUT2D eigenvalue weighted by molar-refractivity contribution is 7.71. The molecular formula is C13H17N5S. The van der Waals surface area contributed by atoms with Crippen LogP contribution in [0.5, 0.6) is 0 Å². The first kappa shape index (κ1) is 13.5. The van der Waals surface area contributed by atoms with Crippen LogP contribution < -0.4 is 4.90 Å². The molecule has 0 bridgehead atoms. The number of aromatic nitrogens is 3. The van der Waals surface area contributed by atoms with Crippen molar-refractivity contribution in [2.75, 3.05) is 18.0 Å². The van der Waals surface area contributed by atoms with E-state index in [1.54, 1.807) is 12.5 Å². The van der Waals surface area contributed by atoms with Gasteiger partial charge in [-0.2, -0.15) is 14.9 Å². The molecule has 2 aromatic rings. The molecule has 2 rings (SSSR count). The van der Waals surface area contributed by atoms with Gasteiger partial charge in [-0.3, -0.25) is 5.10 Å². The Morgan fingerprint density at radius 2 is 2.00 bits per heavy atom. The number of H-pyrrole nitrogens is 1. The minimum atomic E-state index is 0.482. The van der Waals surface area contributed by atoms with Gasteiger partial charge < -0.3 is 4.90 Å². The Morgan fingerprint density at radius 1 is 1.32 bits per heavy atom. The highest BCUT2D eigenvalue weighted by Gasteiger charge is 2.00. The number of benzene rings is 1. The van der Waals surface area contributed by atoms with E-state index >= 15 is 0 Å². The third kappa shape index (κ3) is 3.29. The Kier molecular flexibility index (Phi) is 4.46. The number of nitrogens with zero attached hydrogens (tertiary/aromatic N) is 4. The van der Waals surface area contributed by atoms with Crippen molar-refractivity contribution in [3.63, 3.8) is 0 Å². The highest BCUT2D eigenvalue weighted by atomic mass is 32.1. The lowest BCUT2D eigenvalue weighted by atomic mass is 10.2. The maximum Gasteiger partial charge on any atom is 0.216 e. The molecule has 0 amide bonds. The summed E-state index contributed by atoms with van der Waals surface area (Å²) in [5.41, 5.74) is 2.25. The largest absolute Gasteiger partial charge is 0.372 e. The summed E-state index contributed by atoms with van der Waals surface area (Å²) in [6.07, 6.45) is 3.31. The van der Waals surface area contributed by atoms with E-state index in [0.717, 1.165) is 18.7 Å². The maximum absolute atomic E-state index is 5.01. The van der Waals surface area contributed by atoms with Crippen molar-refractivity contribution in [3.8, 4) is 0 Å². The predicted octanol–water partition coefficient (Wildman–Crippen LogP) is 2.67. The fraction of sp³-hybridized carbons (Fsp3) is 0.308. The third-order valence-corrected chi connectivity index (χ3v) is 3.17. The van der Waals surface area contributed by atoms with Crippen LogP contribution in [-0.2, 0) is 0 Å². The molecule has 0 saturated heterocycles. The van der Waals surface area contributed by atoms with Gasteiger partial charge in [0, 0.05) is 18.8 Å². The van der Waals surface area contributed by atoms with Crippen LogP contribution in [0, 0.1) is 4.77 Å². The zero-order chi connectivity index (χ0) is 13.7. The molecule has 0 saturated carbocycles. The summed E-state index contributed by atoms with van der Waals surface area (Å²) in [5.74, 6) is 0. The molecule has 0 aliphatic carbocycles. The Hall–Kier alpha value is -1.95.